The van der Waals surface area contributed by atoms with Gasteiger partial charge in [-0.2, -0.15) is 0 Å². The number of rotatable bonds is 4. The van der Waals surface area contributed by atoms with Crippen LogP contribution in [-0.4, -0.2) is 24.5 Å². The molecule has 0 atom stereocenters. The van der Waals surface area contributed by atoms with Crippen LogP contribution >= 0.6 is 11.3 Å². The van der Waals surface area contributed by atoms with E-state index >= 15 is 0 Å². The van der Waals surface area contributed by atoms with Crippen molar-refractivity contribution in [2.75, 3.05) is 0 Å². The first-order valence-electron chi connectivity index (χ1n) is 6.19. The lowest BCUT2D eigenvalue weighted by Gasteiger charge is -2.10. The van der Waals surface area contributed by atoms with Gasteiger partial charge in [0.1, 0.15) is 0 Å². The van der Waals surface area contributed by atoms with Gasteiger partial charge in [-0.25, -0.2) is 18.2 Å². The Balaban J connectivity index is 2.49. The van der Waals surface area contributed by atoms with Crippen molar-refractivity contribution in [1.82, 2.24) is 4.98 Å². The number of sulfone groups is 1. The third-order valence-corrected chi connectivity index (χ3v) is 5.70. The highest BCUT2D eigenvalue weighted by Gasteiger charge is 2.22. The lowest BCUT2D eigenvalue weighted by molar-refractivity contribution is 0.0696. The van der Waals surface area contributed by atoms with Crippen molar-refractivity contribution in [2.45, 2.75) is 31.4 Å². The van der Waals surface area contributed by atoms with E-state index in [2.05, 4.69) is 4.98 Å². The summed E-state index contributed by atoms with van der Waals surface area (Å²) in [4.78, 5) is 15.4. The minimum atomic E-state index is -3.62. The van der Waals surface area contributed by atoms with Gasteiger partial charge in [-0.05, 0) is 38.0 Å². The van der Waals surface area contributed by atoms with Crippen LogP contribution in [0.2, 0.25) is 0 Å². The molecule has 2 aromatic rings. The zero-order valence-corrected chi connectivity index (χ0v) is 13.5. The van der Waals surface area contributed by atoms with Crippen molar-refractivity contribution < 1.29 is 18.3 Å². The Hall–Kier alpha value is -1.73. The van der Waals surface area contributed by atoms with Gasteiger partial charge in [0.15, 0.2) is 9.84 Å². The van der Waals surface area contributed by atoms with Gasteiger partial charge >= 0.3 is 5.97 Å². The second-order valence-corrected chi connectivity index (χ2v) is 7.87. The van der Waals surface area contributed by atoms with Crippen LogP contribution in [0.3, 0.4) is 0 Å². The largest absolute Gasteiger partial charge is 0.478 e. The topological polar surface area (TPSA) is 84.3 Å². The molecule has 21 heavy (non-hydrogen) atoms. The Bertz CT molecular complexity index is 806. The number of aryl methyl sites for hydroxylation is 3. The summed E-state index contributed by atoms with van der Waals surface area (Å²) in [6.07, 6.45) is 0. The van der Waals surface area contributed by atoms with Crippen LogP contribution < -0.4 is 0 Å². The zero-order valence-electron chi connectivity index (χ0n) is 11.9. The third kappa shape index (κ3) is 3.30. The van der Waals surface area contributed by atoms with Crippen molar-refractivity contribution in [3.8, 4) is 0 Å². The molecule has 1 N–H and O–H groups in total. The normalized spacial score (nSPS) is 11.6. The zero-order chi connectivity index (χ0) is 15.8. The number of carbonyl (C=O) groups is 1. The van der Waals surface area contributed by atoms with Crippen LogP contribution in [0.5, 0.6) is 0 Å². The monoisotopic (exact) mass is 325 g/mol. The smallest absolute Gasteiger partial charge is 0.335 e. The molecule has 0 amide bonds. The van der Waals surface area contributed by atoms with Crippen LogP contribution in [0.25, 0.3) is 0 Å². The average Bonchev–Trinajstić information content (AvgIpc) is 2.72. The molecule has 0 aliphatic heterocycles. The Labute approximate surface area is 127 Å². The van der Waals surface area contributed by atoms with E-state index in [1.165, 1.54) is 17.4 Å². The van der Waals surface area contributed by atoms with Gasteiger partial charge in [0.25, 0.3) is 0 Å². The number of thiazole rings is 1. The summed E-state index contributed by atoms with van der Waals surface area (Å²) in [7, 11) is -3.62. The summed E-state index contributed by atoms with van der Waals surface area (Å²) in [5.74, 6) is -1.35. The third-order valence-electron chi connectivity index (χ3n) is 3.09. The molecule has 0 saturated heterocycles. The SMILES string of the molecule is Cc1nc(CS(=O)(=O)c2cc(C(=O)O)c(C)cc2C)cs1. The maximum absolute atomic E-state index is 12.5. The molecule has 1 aromatic carbocycles. The number of carboxylic acids is 1. The van der Waals surface area contributed by atoms with Crippen molar-refractivity contribution in [3.05, 3.63) is 44.9 Å². The van der Waals surface area contributed by atoms with Gasteiger partial charge in [-0.15, -0.1) is 11.3 Å². The Kier molecular flexibility index (Phi) is 4.15. The van der Waals surface area contributed by atoms with Gasteiger partial charge < -0.3 is 5.11 Å². The Morgan fingerprint density at radius 3 is 2.43 bits per heavy atom. The highest BCUT2D eigenvalue weighted by atomic mass is 32.2. The molecule has 0 fully saturated rings. The molecule has 0 aliphatic rings. The standard InChI is InChI=1S/C14H15NO4S2/c1-8-4-9(2)13(5-12(8)14(16)17)21(18,19)7-11-6-20-10(3)15-11/h4-6H,7H2,1-3H3,(H,16,17). The fraction of sp³-hybridized carbons (Fsp3) is 0.286. The molecule has 1 heterocycles. The van der Waals surface area contributed by atoms with Crippen molar-refractivity contribution in [1.29, 1.82) is 0 Å². The van der Waals surface area contributed by atoms with Crippen LogP contribution in [0.15, 0.2) is 22.4 Å². The Morgan fingerprint density at radius 1 is 1.24 bits per heavy atom. The van der Waals surface area contributed by atoms with E-state index in [0.29, 0.717) is 16.8 Å². The molecule has 2 rings (SSSR count). The lowest BCUT2D eigenvalue weighted by Crippen LogP contribution is -2.10. The van der Waals surface area contributed by atoms with Gasteiger partial charge in [0.2, 0.25) is 0 Å². The molecule has 5 nitrogen and oxygen atoms in total. The van der Waals surface area contributed by atoms with E-state index in [0.717, 1.165) is 5.01 Å². The van der Waals surface area contributed by atoms with Gasteiger partial charge in [-0.3, -0.25) is 0 Å². The lowest BCUT2D eigenvalue weighted by atomic mass is 10.1. The molecular weight excluding hydrogens is 310 g/mol. The molecule has 1 aromatic heterocycles. The van der Waals surface area contributed by atoms with Gasteiger partial charge in [0, 0.05) is 5.38 Å². The number of nitrogens with zero attached hydrogens (tertiary/aromatic N) is 1. The molecule has 0 bridgehead atoms. The van der Waals surface area contributed by atoms with Crippen LogP contribution in [-0.2, 0) is 15.6 Å². The first kappa shape index (κ1) is 15.7. The fourth-order valence-corrected chi connectivity index (χ4v) is 4.40. The molecule has 0 radical (unpaired) electrons. The van der Waals surface area contributed by atoms with E-state index in [9.17, 15) is 13.2 Å². The van der Waals surface area contributed by atoms with Crippen molar-refractivity contribution >= 4 is 27.1 Å². The Morgan fingerprint density at radius 2 is 1.90 bits per heavy atom. The molecule has 0 spiro atoms. The summed E-state index contributed by atoms with van der Waals surface area (Å²) in [5, 5.41) is 11.6. The molecule has 0 saturated carbocycles. The highest BCUT2D eigenvalue weighted by molar-refractivity contribution is 7.90. The summed E-state index contributed by atoms with van der Waals surface area (Å²) in [5.41, 5.74) is 1.58. The molecular formula is C14H15NO4S2. The van der Waals surface area contributed by atoms with E-state index in [1.54, 1.807) is 32.2 Å². The van der Waals surface area contributed by atoms with E-state index in [-0.39, 0.29) is 16.2 Å². The predicted octanol–water partition coefficient (Wildman–Crippen LogP) is 2.74. The molecule has 112 valence electrons. The quantitative estimate of drug-likeness (QED) is 0.934. The summed E-state index contributed by atoms with van der Waals surface area (Å²) in [6.45, 7) is 5.12. The number of aromatic carboxylic acids is 1. The van der Waals surface area contributed by atoms with E-state index in [1.807, 2.05) is 0 Å². The molecule has 0 aliphatic carbocycles. The van der Waals surface area contributed by atoms with Gasteiger partial charge in [-0.1, -0.05) is 6.07 Å². The minimum absolute atomic E-state index is 0.00799. The van der Waals surface area contributed by atoms with Crippen LogP contribution in [0.4, 0.5) is 0 Å². The summed E-state index contributed by atoms with van der Waals surface area (Å²) in [6, 6.07) is 2.82. The maximum Gasteiger partial charge on any atom is 0.335 e. The van der Waals surface area contributed by atoms with Crippen LogP contribution in [0, 0.1) is 20.8 Å². The van der Waals surface area contributed by atoms with Crippen LogP contribution in [0.1, 0.15) is 32.2 Å². The molecule has 0 unspecified atom stereocenters. The fourth-order valence-electron chi connectivity index (χ4n) is 2.14. The molecule has 7 heteroatoms. The number of hydrogen-bond donors (Lipinski definition) is 1. The number of aromatic nitrogens is 1. The second kappa shape index (κ2) is 5.57. The van der Waals surface area contributed by atoms with Gasteiger partial charge in [0.05, 0.1) is 26.9 Å². The summed E-state index contributed by atoms with van der Waals surface area (Å²) >= 11 is 1.39. The predicted molar refractivity (Wildman–Crippen MR) is 80.6 cm³/mol. The number of hydrogen-bond acceptors (Lipinski definition) is 5. The summed E-state index contributed by atoms with van der Waals surface area (Å²) < 4.78 is 25.0. The number of carboxylic acid groups (broad SMARTS) is 1. The number of benzene rings is 1. The van der Waals surface area contributed by atoms with E-state index < -0.39 is 15.8 Å². The minimum Gasteiger partial charge on any atom is -0.478 e. The average molecular weight is 325 g/mol. The van der Waals surface area contributed by atoms with Crippen molar-refractivity contribution in [3.63, 3.8) is 0 Å². The first-order valence-corrected chi connectivity index (χ1v) is 8.72. The second-order valence-electron chi connectivity index (χ2n) is 4.85. The van der Waals surface area contributed by atoms with Crippen molar-refractivity contribution in [2.24, 2.45) is 0 Å². The highest BCUT2D eigenvalue weighted by Crippen LogP contribution is 2.24. The first-order chi connectivity index (χ1) is 9.70. The maximum atomic E-state index is 12.5. The van der Waals surface area contributed by atoms with E-state index in [4.69, 9.17) is 5.11 Å².